The molecule has 15 heavy (non-hydrogen) atoms. The van der Waals surface area contributed by atoms with E-state index in [-0.39, 0.29) is 5.75 Å². The van der Waals surface area contributed by atoms with Crippen LogP contribution >= 0.6 is 23.1 Å². The van der Waals surface area contributed by atoms with E-state index in [1.807, 2.05) is 0 Å². The standard InChI is InChI=1S/C7H10F3N3S2/c1-4-12-13-6(15-4)14-3-5(2-11)7(8,9)10/h5H,2-3,11H2,1H3. The smallest absolute Gasteiger partial charge is 0.330 e. The van der Waals surface area contributed by atoms with E-state index in [9.17, 15) is 13.2 Å². The molecule has 0 fully saturated rings. The van der Waals surface area contributed by atoms with E-state index in [4.69, 9.17) is 5.73 Å². The van der Waals surface area contributed by atoms with Gasteiger partial charge in [-0.05, 0) is 6.92 Å². The van der Waals surface area contributed by atoms with E-state index in [1.54, 1.807) is 6.92 Å². The number of rotatable bonds is 4. The summed E-state index contributed by atoms with van der Waals surface area (Å²) in [5.41, 5.74) is 5.06. The first-order valence-corrected chi connectivity index (χ1v) is 5.93. The van der Waals surface area contributed by atoms with Crippen molar-refractivity contribution >= 4 is 23.1 Å². The Hall–Kier alpha value is -0.340. The zero-order valence-electron chi connectivity index (χ0n) is 7.91. The average molecular weight is 257 g/mol. The van der Waals surface area contributed by atoms with Gasteiger partial charge in [0.1, 0.15) is 5.01 Å². The van der Waals surface area contributed by atoms with Crippen molar-refractivity contribution in [3.05, 3.63) is 5.01 Å². The van der Waals surface area contributed by atoms with Crippen LogP contribution in [0.4, 0.5) is 13.2 Å². The molecular formula is C7H10F3N3S2. The minimum atomic E-state index is -4.23. The second-order valence-corrected chi connectivity index (χ2v) is 5.32. The van der Waals surface area contributed by atoms with Crippen molar-refractivity contribution in [3.8, 4) is 0 Å². The summed E-state index contributed by atoms with van der Waals surface area (Å²) >= 11 is 2.33. The van der Waals surface area contributed by atoms with Crippen LogP contribution in [0.3, 0.4) is 0 Å². The maximum atomic E-state index is 12.3. The Labute approximate surface area is 93.3 Å². The molecule has 8 heteroatoms. The van der Waals surface area contributed by atoms with Gasteiger partial charge in [0, 0.05) is 12.3 Å². The lowest BCUT2D eigenvalue weighted by atomic mass is 10.2. The van der Waals surface area contributed by atoms with Crippen LogP contribution in [0.25, 0.3) is 0 Å². The maximum absolute atomic E-state index is 12.3. The number of hydrogen-bond donors (Lipinski definition) is 1. The number of thioether (sulfide) groups is 1. The van der Waals surface area contributed by atoms with Crippen molar-refractivity contribution in [2.24, 2.45) is 11.7 Å². The van der Waals surface area contributed by atoms with Crippen LogP contribution in [-0.4, -0.2) is 28.7 Å². The predicted molar refractivity (Wildman–Crippen MR) is 54.0 cm³/mol. The Morgan fingerprint density at radius 1 is 1.47 bits per heavy atom. The Kier molecular flexibility index (Phi) is 4.35. The number of hydrogen-bond acceptors (Lipinski definition) is 5. The van der Waals surface area contributed by atoms with Crippen LogP contribution in [-0.2, 0) is 0 Å². The molecule has 1 rings (SSSR count). The first-order valence-electron chi connectivity index (χ1n) is 4.13. The van der Waals surface area contributed by atoms with Gasteiger partial charge in [0.15, 0.2) is 4.34 Å². The Morgan fingerprint density at radius 3 is 2.53 bits per heavy atom. The molecule has 0 amide bonds. The molecule has 0 saturated heterocycles. The quantitative estimate of drug-likeness (QED) is 0.839. The van der Waals surface area contributed by atoms with E-state index in [0.29, 0.717) is 4.34 Å². The number of nitrogens with zero attached hydrogens (tertiary/aromatic N) is 2. The van der Waals surface area contributed by atoms with E-state index >= 15 is 0 Å². The molecule has 1 aromatic rings. The molecule has 0 aliphatic carbocycles. The summed E-state index contributed by atoms with van der Waals surface area (Å²) in [6.07, 6.45) is -4.23. The lowest BCUT2D eigenvalue weighted by molar-refractivity contribution is -0.165. The summed E-state index contributed by atoms with van der Waals surface area (Å²) in [4.78, 5) is 0. The van der Waals surface area contributed by atoms with E-state index in [0.717, 1.165) is 16.8 Å². The highest BCUT2D eigenvalue weighted by molar-refractivity contribution is 8.01. The van der Waals surface area contributed by atoms with E-state index < -0.39 is 18.6 Å². The van der Waals surface area contributed by atoms with Gasteiger partial charge < -0.3 is 5.73 Å². The maximum Gasteiger partial charge on any atom is 0.393 e. The SMILES string of the molecule is Cc1nnc(SCC(CN)C(F)(F)F)s1. The molecule has 0 radical (unpaired) electrons. The van der Waals surface area contributed by atoms with Crippen LogP contribution in [0.15, 0.2) is 4.34 Å². The second-order valence-electron chi connectivity index (χ2n) is 2.87. The molecule has 1 unspecified atom stereocenters. The van der Waals surface area contributed by atoms with E-state index in [2.05, 4.69) is 10.2 Å². The van der Waals surface area contributed by atoms with E-state index in [1.165, 1.54) is 11.3 Å². The molecule has 2 N–H and O–H groups in total. The predicted octanol–water partition coefficient (Wildman–Crippen LogP) is 2.08. The van der Waals surface area contributed by atoms with Crippen molar-refractivity contribution in [2.45, 2.75) is 17.4 Å². The van der Waals surface area contributed by atoms with Gasteiger partial charge in [-0.15, -0.1) is 10.2 Å². The fourth-order valence-corrected chi connectivity index (χ4v) is 2.79. The number of halogens is 3. The molecule has 0 aliphatic rings. The monoisotopic (exact) mass is 257 g/mol. The molecule has 1 aromatic heterocycles. The lowest BCUT2D eigenvalue weighted by Crippen LogP contribution is -2.32. The van der Waals surface area contributed by atoms with Crippen LogP contribution in [0.1, 0.15) is 5.01 Å². The fraction of sp³-hybridized carbons (Fsp3) is 0.714. The summed E-state index contributed by atoms with van der Waals surface area (Å²) in [5.74, 6) is -1.58. The first-order chi connectivity index (χ1) is 6.93. The van der Waals surface area contributed by atoms with Gasteiger partial charge in [0.05, 0.1) is 5.92 Å². The van der Waals surface area contributed by atoms with Gasteiger partial charge in [-0.3, -0.25) is 0 Å². The summed E-state index contributed by atoms with van der Waals surface area (Å²) < 4.78 is 37.5. The summed E-state index contributed by atoms with van der Waals surface area (Å²) in [5, 5.41) is 8.19. The van der Waals surface area contributed by atoms with Crippen molar-refractivity contribution < 1.29 is 13.2 Å². The number of alkyl halides is 3. The average Bonchev–Trinajstić information content (AvgIpc) is 2.50. The minimum Gasteiger partial charge on any atom is -0.330 e. The van der Waals surface area contributed by atoms with Gasteiger partial charge in [-0.25, -0.2) is 0 Å². The molecular weight excluding hydrogens is 247 g/mol. The highest BCUT2D eigenvalue weighted by atomic mass is 32.2. The van der Waals surface area contributed by atoms with Gasteiger partial charge in [-0.2, -0.15) is 13.2 Å². The first kappa shape index (κ1) is 12.7. The minimum absolute atomic E-state index is 0.103. The number of aromatic nitrogens is 2. The Balaban J connectivity index is 2.48. The largest absolute Gasteiger partial charge is 0.393 e. The number of nitrogens with two attached hydrogens (primary N) is 1. The highest BCUT2D eigenvalue weighted by Gasteiger charge is 2.38. The molecule has 0 spiro atoms. The van der Waals surface area contributed by atoms with Crippen LogP contribution in [0, 0.1) is 12.8 Å². The zero-order valence-corrected chi connectivity index (χ0v) is 9.55. The van der Waals surface area contributed by atoms with Crippen molar-refractivity contribution in [1.29, 1.82) is 0 Å². The highest BCUT2D eigenvalue weighted by Crippen LogP contribution is 2.31. The fourth-order valence-electron chi connectivity index (χ4n) is 0.805. The van der Waals surface area contributed by atoms with Crippen molar-refractivity contribution in [1.82, 2.24) is 10.2 Å². The third kappa shape index (κ3) is 3.96. The zero-order chi connectivity index (χ0) is 11.5. The summed E-state index contributed by atoms with van der Waals surface area (Å²) in [6, 6.07) is 0. The van der Waals surface area contributed by atoms with Gasteiger partial charge in [0.2, 0.25) is 0 Å². The van der Waals surface area contributed by atoms with Gasteiger partial charge in [0.25, 0.3) is 0 Å². The second kappa shape index (κ2) is 5.13. The Morgan fingerprint density at radius 2 is 2.13 bits per heavy atom. The molecule has 0 aliphatic heterocycles. The van der Waals surface area contributed by atoms with Gasteiger partial charge in [-0.1, -0.05) is 23.1 Å². The molecule has 1 heterocycles. The topological polar surface area (TPSA) is 51.8 Å². The van der Waals surface area contributed by atoms with Crippen molar-refractivity contribution in [3.63, 3.8) is 0 Å². The van der Waals surface area contributed by atoms with Crippen LogP contribution in [0.5, 0.6) is 0 Å². The number of aryl methyl sites for hydroxylation is 1. The van der Waals surface area contributed by atoms with Crippen LogP contribution in [0.2, 0.25) is 0 Å². The third-order valence-corrected chi connectivity index (χ3v) is 3.80. The molecule has 86 valence electrons. The summed E-state index contributed by atoms with van der Waals surface area (Å²) in [7, 11) is 0. The van der Waals surface area contributed by atoms with Crippen LogP contribution < -0.4 is 5.73 Å². The third-order valence-electron chi connectivity index (χ3n) is 1.66. The molecule has 3 nitrogen and oxygen atoms in total. The molecule has 1 atom stereocenters. The summed E-state index contributed by atoms with van der Waals surface area (Å²) in [6.45, 7) is 1.36. The lowest BCUT2D eigenvalue weighted by Gasteiger charge is -2.16. The molecule has 0 saturated carbocycles. The van der Waals surface area contributed by atoms with Gasteiger partial charge >= 0.3 is 6.18 Å². The Bertz CT molecular complexity index is 313. The normalized spacial score (nSPS) is 14.2. The van der Waals surface area contributed by atoms with Crippen molar-refractivity contribution in [2.75, 3.05) is 12.3 Å². The molecule has 0 aromatic carbocycles. The molecule has 0 bridgehead atoms.